The molecule has 0 aliphatic rings. The van der Waals surface area contributed by atoms with E-state index in [4.69, 9.17) is 19.9 Å². The van der Waals surface area contributed by atoms with Gasteiger partial charge in [0.25, 0.3) is 0 Å². The Morgan fingerprint density at radius 1 is 0.407 bits per heavy atom. The fourth-order valence-electron chi connectivity index (χ4n) is 8.49. The zero-order valence-electron chi connectivity index (χ0n) is 32.9. The molecule has 0 aliphatic carbocycles. The first-order valence-corrected chi connectivity index (χ1v) is 19.2. The molecule has 4 heterocycles. The van der Waals surface area contributed by atoms with Crippen LogP contribution >= 0.6 is 0 Å². The molecule has 0 saturated heterocycles. The molecule has 4 aromatic heterocycles. The van der Waals surface area contributed by atoms with Gasteiger partial charge in [-0.3, -0.25) is 0 Å². The summed E-state index contributed by atoms with van der Waals surface area (Å²) in [4.78, 5) is 27.6. The van der Waals surface area contributed by atoms with E-state index in [1.54, 1.807) is 0 Å². The van der Waals surface area contributed by atoms with Crippen molar-refractivity contribution in [1.82, 2.24) is 39.0 Å². The third-order valence-electron chi connectivity index (χ3n) is 10.8. The van der Waals surface area contributed by atoms with Gasteiger partial charge < -0.3 is 9.13 Å². The van der Waals surface area contributed by atoms with Crippen LogP contribution in [0.4, 0.5) is 0 Å². The molecule has 59 heavy (non-hydrogen) atoms. The van der Waals surface area contributed by atoms with E-state index in [0.29, 0.717) is 57.4 Å². The zero-order chi connectivity index (χ0) is 40.5. The van der Waals surface area contributed by atoms with Gasteiger partial charge in [-0.1, -0.05) is 66.7 Å². The molecule has 0 unspecified atom stereocenters. The molecule has 0 fully saturated rings. The average Bonchev–Trinajstić information content (AvgIpc) is 3.74. The summed E-state index contributed by atoms with van der Waals surface area (Å²) in [5.41, 5.74) is 10.4. The van der Waals surface area contributed by atoms with Gasteiger partial charge in [0.15, 0.2) is 11.6 Å². The van der Waals surface area contributed by atoms with Crippen molar-refractivity contribution in [2.75, 3.05) is 0 Å². The lowest BCUT2D eigenvalue weighted by Crippen LogP contribution is -2.06. The second-order valence-electron chi connectivity index (χ2n) is 14.9. The van der Waals surface area contributed by atoms with E-state index in [1.165, 1.54) is 0 Å². The number of aromatic nitrogens is 8. The Balaban J connectivity index is 1.35. The predicted octanol–water partition coefficient (Wildman–Crippen LogP) is 10.5. The minimum absolute atomic E-state index is 0.474. The van der Waals surface area contributed by atoms with Gasteiger partial charge in [-0.25, -0.2) is 29.9 Å². The molecular formula is C49H34N10. The minimum atomic E-state index is 0.474. The van der Waals surface area contributed by atoms with Crippen LogP contribution in [-0.2, 0) is 0 Å². The molecule has 0 amide bonds. The predicted molar refractivity (Wildman–Crippen MR) is 231 cm³/mol. The number of hydrogen-bond donors (Lipinski definition) is 0. The standard InChI is InChI=1S/C49H34N10/c1-27-18-32(25-50)20-35(19-27)36-23-46(58-42-12-8-6-10-37(42)39-16-14-33(21-44(39)58)48-54-28(2)52-29(3)55-48)41(26-51)47(24-36)59-43-13-9-7-11-38(43)40-17-15-34(22-45(40)59)49-56-30(4)53-31(5)57-49/h6-24H,1-5H3. The molecule has 10 aromatic rings. The molecule has 6 aromatic carbocycles. The average molecular weight is 763 g/mol. The fraction of sp³-hybridized carbons (Fsp3) is 0.102. The maximum Gasteiger partial charge on any atom is 0.163 e. The summed E-state index contributed by atoms with van der Waals surface area (Å²) in [6, 6.07) is 44.1. The number of benzene rings is 6. The second-order valence-corrected chi connectivity index (χ2v) is 14.9. The maximum absolute atomic E-state index is 11.5. The van der Waals surface area contributed by atoms with Crippen LogP contribution < -0.4 is 0 Å². The highest BCUT2D eigenvalue weighted by Crippen LogP contribution is 2.41. The quantitative estimate of drug-likeness (QED) is 0.169. The number of para-hydroxylation sites is 2. The molecule has 0 aliphatic heterocycles. The van der Waals surface area contributed by atoms with E-state index in [2.05, 4.69) is 98.0 Å². The van der Waals surface area contributed by atoms with Crippen molar-refractivity contribution in [2.45, 2.75) is 34.6 Å². The molecule has 0 bridgehead atoms. The van der Waals surface area contributed by atoms with Crippen LogP contribution in [-0.4, -0.2) is 39.0 Å². The topological polar surface area (TPSA) is 135 Å². The third-order valence-corrected chi connectivity index (χ3v) is 10.8. The van der Waals surface area contributed by atoms with Gasteiger partial charge in [0.05, 0.1) is 45.1 Å². The summed E-state index contributed by atoms with van der Waals surface area (Å²) in [6.07, 6.45) is 0. The third kappa shape index (κ3) is 5.86. The lowest BCUT2D eigenvalue weighted by atomic mass is 9.97. The zero-order valence-corrected chi connectivity index (χ0v) is 32.9. The van der Waals surface area contributed by atoms with Gasteiger partial charge >= 0.3 is 0 Å². The molecule has 0 atom stereocenters. The molecule has 0 radical (unpaired) electrons. The number of aryl methyl sites for hydroxylation is 5. The summed E-state index contributed by atoms with van der Waals surface area (Å²) >= 11 is 0. The summed E-state index contributed by atoms with van der Waals surface area (Å²) < 4.78 is 4.36. The first kappa shape index (κ1) is 35.3. The molecule has 0 saturated carbocycles. The van der Waals surface area contributed by atoms with Crippen LogP contribution in [0, 0.1) is 57.3 Å². The van der Waals surface area contributed by atoms with Crippen molar-refractivity contribution < 1.29 is 0 Å². The van der Waals surface area contributed by atoms with E-state index >= 15 is 0 Å². The SMILES string of the molecule is Cc1cc(C#N)cc(-c2cc(-n3c4ccccc4c4ccc(-c5nc(C)nc(C)n5)cc43)c(C#N)c(-n3c4ccccc4c4ccc(-c5nc(C)nc(C)n5)cc43)c2)c1. The second kappa shape index (κ2) is 13.5. The van der Waals surface area contributed by atoms with E-state index in [-0.39, 0.29) is 0 Å². The lowest BCUT2D eigenvalue weighted by molar-refractivity contribution is 0.928. The normalized spacial score (nSPS) is 11.4. The highest BCUT2D eigenvalue weighted by molar-refractivity contribution is 6.12. The van der Waals surface area contributed by atoms with E-state index < -0.39 is 0 Å². The minimum Gasteiger partial charge on any atom is -0.308 e. The summed E-state index contributed by atoms with van der Waals surface area (Å²) in [7, 11) is 0. The van der Waals surface area contributed by atoms with Crippen molar-refractivity contribution in [2.24, 2.45) is 0 Å². The Hall–Kier alpha value is -8.08. The summed E-state index contributed by atoms with van der Waals surface area (Å²) in [5.74, 6) is 3.73. The van der Waals surface area contributed by atoms with Crippen LogP contribution in [0.25, 0.3) is 88.9 Å². The molecule has 10 rings (SSSR count). The van der Waals surface area contributed by atoms with Crippen LogP contribution in [0.15, 0.2) is 115 Å². The highest BCUT2D eigenvalue weighted by atomic mass is 15.0. The number of rotatable bonds is 5. The number of nitriles is 2. The van der Waals surface area contributed by atoms with E-state index in [9.17, 15) is 10.5 Å². The molecule has 10 heteroatoms. The molecule has 0 N–H and O–H groups in total. The summed E-state index contributed by atoms with van der Waals surface area (Å²) in [5, 5.41) is 25.7. The Morgan fingerprint density at radius 3 is 1.31 bits per heavy atom. The van der Waals surface area contributed by atoms with Gasteiger partial charge in [0.1, 0.15) is 34.9 Å². The van der Waals surface area contributed by atoms with Gasteiger partial charge in [0, 0.05) is 32.7 Å². The van der Waals surface area contributed by atoms with Crippen molar-refractivity contribution in [3.05, 3.63) is 155 Å². The lowest BCUT2D eigenvalue weighted by Gasteiger charge is -2.19. The van der Waals surface area contributed by atoms with E-state index in [0.717, 1.165) is 71.4 Å². The fourth-order valence-corrected chi connectivity index (χ4v) is 8.49. The van der Waals surface area contributed by atoms with Gasteiger partial charge in [-0.2, -0.15) is 10.5 Å². The van der Waals surface area contributed by atoms with Crippen molar-refractivity contribution in [1.29, 1.82) is 10.5 Å². The van der Waals surface area contributed by atoms with Gasteiger partial charge in [0.2, 0.25) is 0 Å². The molecular weight excluding hydrogens is 729 g/mol. The highest BCUT2D eigenvalue weighted by Gasteiger charge is 2.24. The van der Waals surface area contributed by atoms with Crippen molar-refractivity contribution >= 4 is 43.6 Å². The molecule has 0 spiro atoms. The smallest absolute Gasteiger partial charge is 0.163 e. The number of hydrogen-bond acceptors (Lipinski definition) is 8. The van der Waals surface area contributed by atoms with Crippen molar-refractivity contribution in [3.63, 3.8) is 0 Å². The first-order valence-electron chi connectivity index (χ1n) is 19.2. The Morgan fingerprint density at radius 2 is 0.847 bits per heavy atom. The van der Waals surface area contributed by atoms with Gasteiger partial charge in [-0.05, 0) is 99.8 Å². The van der Waals surface area contributed by atoms with Crippen LogP contribution in [0.2, 0.25) is 0 Å². The maximum atomic E-state index is 11.5. The molecule has 280 valence electrons. The first-order chi connectivity index (χ1) is 28.7. The Labute approximate surface area is 339 Å². The number of nitrogens with zero attached hydrogens (tertiary/aromatic N) is 10. The van der Waals surface area contributed by atoms with Crippen LogP contribution in [0.5, 0.6) is 0 Å². The van der Waals surface area contributed by atoms with Crippen molar-refractivity contribution in [3.8, 4) is 57.4 Å². The Kier molecular flexibility index (Phi) is 8.11. The van der Waals surface area contributed by atoms with Crippen LogP contribution in [0.3, 0.4) is 0 Å². The molecule has 10 nitrogen and oxygen atoms in total. The van der Waals surface area contributed by atoms with Gasteiger partial charge in [-0.15, -0.1) is 0 Å². The Bertz CT molecular complexity index is 3260. The van der Waals surface area contributed by atoms with Crippen LogP contribution in [0.1, 0.15) is 40.0 Å². The van der Waals surface area contributed by atoms with E-state index in [1.807, 2.05) is 83.1 Å². The summed E-state index contributed by atoms with van der Waals surface area (Å²) in [6.45, 7) is 9.47. The monoisotopic (exact) mass is 762 g/mol. The number of fused-ring (bicyclic) bond motifs is 6. The largest absolute Gasteiger partial charge is 0.308 e.